The van der Waals surface area contributed by atoms with Crippen LogP contribution in [-0.4, -0.2) is 82.2 Å². The molecule has 4 fully saturated rings. The summed E-state index contributed by atoms with van der Waals surface area (Å²) in [6.07, 6.45) is 3.44. The molecule has 4 rings (SSSR count). The molecule has 6 nitrogen and oxygen atoms in total. The number of carbonyl (C=O) groups excluding carboxylic acids is 1. The van der Waals surface area contributed by atoms with Gasteiger partial charge in [-0.05, 0) is 50.4 Å². The first kappa shape index (κ1) is 30.5. The lowest BCUT2D eigenvalue weighted by Crippen LogP contribution is -2.62. The van der Waals surface area contributed by atoms with E-state index in [1.165, 1.54) is 9.24 Å². The average molecular weight is 563 g/mol. The van der Waals surface area contributed by atoms with E-state index in [2.05, 4.69) is 50.4 Å². The molecular formula is C28H50F3N4O2P. The Morgan fingerprint density at radius 2 is 1.89 bits per heavy atom. The summed E-state index contributed by atoms with van der Waals surface area (Å²) >= 11 is 0. The van der Waals surface area contributed by atoms with E-state index >= 15 is 4.39 Å². The highest BCUT2D eigenvalue weighted by Crippen LogP contribution is 2.45. The zero-order chi connectivity index (χ0) is 27.9. The van der Waals surface area contributed by atoms with Crippen LogP contribution in [0, 0.1) is 29.6 Å². The van der Waals surface area contributed by atoms with E-state index in [4.69, 9.17) is 0 Å². The first-order chi connectivity index (χ1) is 17.9. The van der Waals surface area contributed by atoms with Gasteiger partial charge in [0.25, 0.3) is 5.66 Å². The zero-order valence-electron chi connectivity index (χ0n) is 23.8. The van der Waals surface area contributed by atoms with E-state index in [1.54, 1.807) is 0 Å². The number of aliphatic hydroxyl groups is 1. The Balaban J connectivity index is 1.50. The van der Waals surface area contributed by atoms with Gasteiger partial charge in [-0.1, -0.05) is 50.3 Å². The molecule has 1 amide bonds. The van der Waals surface area contributed by atoms with Crippen LogP contribution in [-0.2, 0) is 4.79 Å². The summed E-state index contributed by atoms with van der Waals surface area (Å²) in [5.41, 5.74) is 0.691. The maximum absolute atomic E-state index is 15.5. The maximum Gasteiger partial charge on any atom is 0.276 e. The van der Waals surface area contributed by atoms with Gasteiger partial charge in [-0.15, -0.1) is 0 Å². The molecule has 1 aliphatic carbocycles. The number of likely N-dealkylation sites (tertiary alicyclic amines) is 1. The van der Waals surface area contributed by atoms with E-state index in [-0.39, 0.29) is 60.8 Å². The highest BCUT2D eigenvalue weighted by molar-refractivity contribution is 7.18. The van der Waals surface area contributed by atoms with E-state index in [1.807, 2.05) is 4.90 Å². The maximum atomic E-state index is 15.5. The largest absolute Gasteiger partial charge is 0.391 e. The van der Waals surface area contributed by atoms with Crippen LogP contribution in [0.1, 0.15) is 79.6 Å². The van der Waals surface area contributed by atoms with Gasteiger partial charge >= 0.3 is 0 Å². The fourth-order valence-electron chi connectivity index (χ4n) is 8.22. The second-order valence-electron chi connectivity index (χ2n) is 12.8. The molecule has 0 aromatic carbocycles. The molecule has 10 heteroatoms. The fourth-order valence-corrected chi connectivity index (χ4v) is 8.56. The smallest absolute Gasteiger partial charge is 0.276 e. The van der Waals surface area contributed by atoms with Crippen LogP contribution in [0.3, 0.4) is 0 Å². The molecular weight excluding hydrogens is 512 g/mol. The van der Waals surface area contributed by atoms with Crippen LogP contribution in [0.4, 0.5) is 13.2 Å². The summed E-state index contributed by atoms with van der Waals surface area (Å²) in [5, 5.41) is 15.5. The van der Waals surface area contributed by atoms with Crippen molar-refractivity contribution in [3.63, 3.8) is 0 Å². The normalized spacial score (nSPS) is 42.9. The topological polar surface area (TPSA) is 67.8 Å². The molecule has 1 saturated carbocycles. The van der Waals surface area contributed by atoms with Gasteiger partial charge in [0.2, 0.25) is 5.91 Å². The number of piperidine rings is 2. The molecule has 4 aliphatic rings. The second-order valence-corrected chi connectivity index (χ2v) is 13.6. The summed E-state index contributed by atoms with van der Waals surface area (Å²) in [5.74, 6) is 0.0610. The highest BCUT2D eigenvalue weighted by atomic mass is 31.0. The van der Waals surface area contributed by atoms with Gasteiger partial charge in [0.1, 0.15) is 12.2 Å². The Morgan fingerprint density at radius 1 is 1.18 bits per heavy atom. The second kappa shape index (κ2) is 12.2. The summed E-state index contributed by atoms with van der Waals surface area (Å²) in [4.78, 5) is 15.7. The van der Waals surface area contributed by atoms with Crippen molar-refractivity contribution in [2.24, 2.45) is 29.6 Å². The quantitative estimate of drug-likeness (QED) is 0.406. The van der Waals surface area contributed by atoms with Crippen molar-refractivity contribution in [3.05, 3.63) is 0 Å². The SMILES string of the molecule is CCCC1NN(C2CCC(C(C)C)C(F)C2C)C2CCN(C(=O)C3CNC(C(F)(F)P)C(O)C3)C(CC)C12. The highest BCUT2D eigenvalue weighted by Gasteiger charge is 2.54. The van der Waals surface area contributed by atoms with Gasteiger partial charge in [-0.3, -0.25) is 10.2 Å². The molecule has 0 aromatic heterocycles. The van der Waals surface area contributed by atoms with Gasteiger partial charge in [0.05, 0.1) is 12.0 Å². The van der Waals surface area contributed by atoms with Crippen molar-refractivity contribution in [1.82, 2.24) is 20.7 Å². The minimum atomic E-state index is -3.13. The number of hydrogen-bond acceptors (Lipinski definition) is 5. The van der Waals surface area contributed by atoms with Crippen molar-refractivity contribution in [1.29, 1.82) is 0 Å². The Hall–Kier alpha value is -0.470. The number of fused-ring (bicyclic) bond motifs is 1. The number of amides is 1. The molecule has 3 aliphatic heterocycles. The number of halogens is 3. The number of alkyl halides is 3. The van der Waals surface area contributed by atoms with Crippen LogP contribution < -0.4 is 10.7 Å². The number of hydrogen-bond donors (Lipinski definition) is 3. The lowest BCUT2D eigenvalue weighted by Gasteiger charge is -2.49. The number of nitrogens with one attached hydrogen (secondary N) is 2. The monoisotopic (exact) mass is 562 g/mol. The lowest BCUT2D eigenvalue weighted by molar-refractivity contribution is -0.146. The number of nitrogens with zero attached hydrogens (tertiary/aromatic N) is 2. The van der Waals surface area contributed by atoms with E-state index in [0.29, 0.717) is 12.5 Å². The Bertz CT molecular complexity index is 817. The third-order valence-corrected chi connectivity index (χ3v) is 10.5. The van der Waals surface area contributed by atoms with Crippen LogP contribution in [0.25, 0.3) is 0 Å². The molecule has 3 N–H and O–H groups in total. The van der Waals surface area contributed by atoms with Gasteiger partial charge in [-0.2, -0.15) is 0 Å². The molecule has 12 unspecified atom stereocenters. The standard InChI is InChI=1S/C28H50F3N4O2P/c1-6-8-19-24-20(7-2)34(27(37)17-13-23(36)26(32-14-17)28(30,31)38)12-11-22(24)35(33-19)21-10-9-18(15(3)4)25(29)16(21)5/h15-26,32-33,36H,6-14,38H2,1-5H3. The average Bonchev–Trinajstić information content (AvgIpc) is 3.22. The number of carbonyl (C=O) groups is 1. The van der Waals surface area contributed by atoms with Gasteiger partial charge in [-0.25, -0.2) is 18.2 Å². The van der Waals surface area contributed by atoms with Crippen molar-refractivity contribution in [2.45, 2.75) is 128 Å². The molecule has 0 bridgehead atoms. The molecule has 12 atom stereocenters. The van der Waals surface area contributed by atoms with Crippen molar-refractivity contribution in [3.8, 4) is 0 Å². The molecule has 3 heterocycles. The Morgan fingerprint density at radius 3 is 2.47 bits per heavy atom. The first-order valence-electron chi connectivity index (χ1n) is 15.0. The first-order valence-corrected chi connectivity index (χ1v) is 15.5. The zero-order valence-corrected chi connectivity index (χ0v) is 24.9. The number of rotatable bonds is 7. The number of aliphatic hydroxyl groups excluding tert-OH is 1. The van der Waals surface area contributed by atoms with Crippen LogP contribution in [0.15, 0.2) is 0 Å². The summed E-state index contributed by atoms with van der Waals surface area (Å²) < 4.78 is 43.2. The number of hydrazine groups is 1. The third-order valence-electron chi connectivity index (χ3n) is 10.2. The van der Waals surface area contributed by atoms with Crippen molar-refractivity contribution < 1.29 is 23.1 Å². The fraction of sp³-hybridized carbons (Fsp3) is 0.964. The molecule has 0 radical (unpaired) electrons. The minimum absolute atomic E-state index is 0.0248. The molecule has 0 spiro atoms. The van der Waals surface area contributed by atoms with Crippen LogP contribution >= 0.6 is 9.24 Å². The molecule has 220 valence electrons. The Kier molecular flexibility index (Phi) is 9.77. The van der Waals surface area contributed by atoms with Crippen LogP contribution in [0.5, 0.6) is 0 Å². The Labute approximate surface area is 229 Å². The predicted octanol–water partition coefficient (Wildman–Crippen LogP) is 4.19. The van der Waals surface area contributed by atoms with Crippen molar-refractivity contribution in [2.75, 3.05) is 13.1 Å². The van der Waals surface area contributed by atoms with E-state index < -0.39 is 29.9 Å². The van der Waals surface area contributed by atoms with Gasteiger partial charge in [0.15, 0.2) is 0 Å². The molecule has 0 aromatic rings. The third kappa shape index (κ3) is 5.79. The van der Waals surface area contributed by atoms with E-state index in [9.17, 15) is 18.7 Å². The lowest BCUT2D eigenvalue weighted by atomic mass is 9.71. The van der Waals surface area contributed by atoms with Gasteiger partial charge < -0.3 is 15.3 Å². The molecule has 3 saturated heterocycles. The van der Waals surface area contributed by atoms with Crippen LogP contribution in [0.2, 0.25) is 0 Å². The summed E-state index contributed by atoms with van der Waals surface area (Å²) in [6.45, 7) is 11.3. The summed E-state index contributed by atoms with van der Waals surface area (Å²) in [6, 6.07) is -0.744. The molecule has 38 heavy (non-hydrogen) atoms. The van der Waals surface area contributed by atoms with E-state index in [0.717, 1.165) is 38.5 Å². The minimum Gasteiger partial charge on any atom is -0.391 e. The van der Waals surface area contributed by atoms with Gasteiger partial charge in [0, 0.05) is 49.1 Å². The summed E-state index contributed by atoms with van der Waals surface area (Å²) in [7, 11) is 1.50. The van der Waals surface area contributed by atoms with Crippen molar-refractivity contribution >= 4 is 15.1 Å². The predicted molar refractivity (Wildman–Crippen MR) is 147 cm³/mol.